The van der Waals surface area contributed by atoms with Crippen LogP contribution >= 0.6 is 0 Å². The molecule has 0 saturated heterocycles. The first kappa shape index (κ1) is 16.4. The number of nitrogens with two attached hydrogens (primary N) is 2. The van der Waals surface area contributed by atoms with Crippen LogP contribution in [0.25, 0.3) is 10.9 Å². The van der Waals surface area contributed by atoms with Crippen molar-refractivity contribution in [3.63, 3.8) is 0 Å². The van der Waals surface area contributed by atoms with Crippen LogP contribution in [-0.4, -0.2) is 40.9 Å². The molecular weight excluding hydrogens is 334 g/mol. The number of H-pyrrole nitrogens is 1. The standard InChI is InChI=1S/C17H21N7O2/c1-26-14(25)13-12-10(22-23-13)6-5-7-11(12)24-16(19)20-15(18)21-17(24)8-3-2-4-9-17/h5-7H,2-4,8-9H2,1H3,(H,22,23)(H4,18,19,20,21). The molecule has 1 aromatic heterocycles. The first-order valence-electron chi connectivity index (χ1n) is 8.61. The second kappa shape index (κ2) is 6.01. The fourth-order valence-corrected chi connectivity index (χ4v) is 3.95. The number of ether oxygens (including phenoxy) is 1. The molecule has 1 fully saturated rings. The number of nitrogens with one attached hydrogen (secondary N) is 1. The second-order valence-corrected chi connectivity index (χ2v) is 6.58. The Kier molecular flexibility index (Phi) is 3.78. The van der Waals surface area contributed by atoms with Gasteiger partial charge in [-0.2, -0.15) is 10.1 Å². The van der Waals surface area contributed by atoms with Crippen LogP contribution in [0.2, 0.25) is 0 Å². The van der Waals surface area contributed by atoms with Gasteiger partial charge in [0.15, 0.2) is 5.69 Å². The molecule has 0 bridgehead atoms. The molecule has 2 aromatic rings. The van der Waals surface area contributed by atoms with Gasteiger partial charge in [-0.25, -0.2) is 9.79 Å². The minimum atomic E-state index is -0.590. The van der Waals surface area contributed by atoms with Crippen LogP contribution in [0.4, 0.5) is 5.69 Å². The molecule has 0 radical (unpaired) electrons. The van der Waals surface area contributed by atoms with Crippen molar-refractivity contribution in [1.82, 2.24) is 10.2 Å². The van der Waals surface area contributed by atoms with Crippen LogP contribution in [-0.2, 0) is 4.74 Å². The highest BCUT2D eigenvalue weighted by molar-refractivity contribution is 6.14. The smallest absolute Gasteiger partial charge is 0.359 e. The van der Waals surface area contributed by atoms with Crippen LogP contribution in [0.15, 0.2) is 28.2 Å². The first-order chi connectivity index (χ1) is 12.6. The summed E-state index contributed by atoms with van der Waals surface area (Å²) in [4.78, 5) is 22.9. The summed E-state index contributed by atoms with van der Waals surface area (Å²) in [5.74, 6) is -0.0611. The van der Waals surface area contributed by atoms with Crippen molar-refractivity contribution in [2.75, 3.05) is 12.0 Å². The zero-order valence-electron chi connectivity index (χ0n) is 14.5. The lowest BCUT2D eigenvalue weighted by molar-refractivity contribution is 0.0596. The summed E-state index contributed by atoms with van der Waals surface area (Å²) >= 11 is 0. The lowest BCUT2D eigenvalue weighted by atomic mass is 9.87. The van der Waals surface area contributed by atoms with E-state index in [0.717, 1.165) is 37.8 Å². The number of esters is 1. The van der Waals surface area contributed by atoms with E-state index in [4.69, 9.17) is 16.2 Å². The Bertz CT molecular complexity index is 924. The van der Waals surface area contributed by atoms with E-state index < -0.39 is 11.6 Å². The lowest BCUT2D eigenvalue weighted by Gasteiger charge is -2.45. The fourth-order valence-electron chi connectivity index (χ4n) is 3.95. The van der Waals surface area contributed by atoms with Crippen molar-refractivity contribution in [2.24, 2.45) is 21.5 Å². The van der Waals surface area contributed by atoms with Crippen molar-refractivity contribution < 1.29 is 9.53 Å². The van der Waals surface area contributed by atoms with Crippen molar-refractivity contribution in [1.29, 1.82) is 0 Å². The average molecular weight is 355 g/mol. The Labute approximate surface area is 150 Å². The zero-order chi connectivity index (χ0) is 18.3. The predicted octanol–water partition coefficient (Wildman–Crippen LogP) is 1.46. The van der Waals surface area contributed by atoms with E-state index in [2.05, 4.69) is 20.2 Å². The van der Waals surface area contributed by atoms with Crippen LogP contribution in [0, 0.1) is 0 Å². The van der Waals surface area contributed by atoms with E-state index in [1.807, 2.05) is 23.1 Å². The number of rotatable bonds is 2. The van der Waals surface area contributed by atoms with Gasteiger partial charge in [-0.3, -0.25) is 10.00 Å². The highest BCUT2D eigenvalue weighted by Gasteiger charge is 2.43. The maximum Gasteiger partial charge on any atom is 0.359 e. The highest BCUT2D eigenvalue weighted by Crippen LogP contribution is 2.42. The summed E-state index contributed by atoms with van der Waals surface area (Å²) in [7, 11) is 1.33. The van der Waals surface area contributed by atoms with E-state index in [1.54, 1.807) is 0 Å². The van der Waals surface area contributed by atoms with E-state index >= 15 is 0 Å². The molecule has 4 rings (SSSR count). The normalized spacial score (nSPS) is 19.3. The molecule has 2 aliphatic rings. The molecule has 1 saturated carbocycles. The number of guanidine groups is 2. The van der Waals surface area contributed by atoms with Gasteiger partial charge in [0.2, 0.25) is 11.9 Å². The van der Waals surface area contributed by atoms with Crippen LogP contribution in [0.1, 0.15) is 42.6 Å². The molecule has 9 nitrogen and oxygen atoms in total. The molecule has 136 valence electrons. The van der Waals surface area contributed by atoms with Gasteiger partial charge in [0.05, 0.1) is 23.7 Å². The molecule has 2 heterocycles. The summed E-state index contributed by atoms with van der Waals surface area (Å²) < 4.78 is 4.88. The number of nitrogens with zero attached hydrogens (tertiary/aromatic N) is 4. The molecular formula is C17H21N7O2. The molecule has 1 aliphatic heterocycles. The van der Waals surface area contributed by atoms with Gasteiger partial charge in [0.25, 0.3) is 0 Å². The Morgan fingerprint density at radius 3 is 2.77 bits per heavy atom. The van der Waals surface area contributed by atoms with Crippen molar-refractivity contribution >= 4 is 34.5 Å². The number of carbonyl (C=O) groups is 1. The first-order valence-corrected chi connectivity index (χ1v) is 8.61. The SMILES string of the molecule is COC(=O)c1n[nH]c2cccc(N3C(N)=NC(N)=NC34CCCCC4)c12. The molecule has 1 spiro atoms. The Hall–Kier alpha value is -3.10. The third-order valence-electron chi connectivity index (χ3n) is 5.04. The Balaban J connectivity index is 1.94. The molecule has 1 aliphatic carbocycles. The number of aliphatic imine (C=N–C) groups is 2. The summed E-state index contributed by atoms with van der Waals surface area (Å²) in [5.41, 5.74) is 13.3. The Morgan fingerprint density at radius 2 is 2.04 bits per heavy atom. The molecule has 5 N–H and O–H groups in total. The second-order valence-electron chi connectivity index (χ2n) is 6.58. The van der Waals surface area contributed by atoms with Gasteiger partial charge in [0.1, 0.15) is 5.66 Å². The Morgan fingerprint density at radius 1 is 1.27 bits per heavy atom. The fraction of sp³-hybridized carbons (Fsp3) is 0.412. The summed E-state index contributed by atoms with van der Waals surface area (Å²) in [5, 5.41) is 7.64. The van der Waals surface area contributed by atoms with Crippen molar-refractivity contribution in [2.45, 2.75) is 37.8 Å². The monoisotopic (exact) mass is 355 g/mol. The lowest BCUT2D eigenvalue weighted by Crippen LogP contribution is -2.58. The molecule has 26 heavy (non-hydrogen) atoms. The van der Waals surface area contributed by atoms with E-state index in [1.165, 1.54) is 7.11 Å². The van der Waals surface area contributed by atoms with E-state index in [-0.39, 0.29) is 17.6 Å². The molecule has 0 atom stereocenters. The highest BCUT2D eigenvalue weighted by atomic mass is 16.5. The minimum Gasteiger partial charge on any atom is -0.464 e. The third-order valence-corrected chi connectivity index (χ3v) is 5.04. The summed E-state index contributed by atoms with van der Waals surface area (Å²) in [6, 6.07) is 5.61. The molecule has 0 amide bonds. The largest absolute Gasteiger partial charge is 0.464 e. The zero-order valence-corrected chi connectivity index (χ0v) is 14.5. The average Bonchev–Trinajstić information content (AvgIpc) is 3.06. The minimum absolute atomic E-state index is 0.188. The van der Waals surface area contributed by atoms with Gasteiger partial charge in [-0.05, 0) is 37.8 Å². The number of methoxy groups -OCH3 is 1. The van der Waals surface area contributed by atoms with Gasteiger partial charge >= 0.3 is 5.97 Å². The maximum absolute atomic E-state index is 12.2. The van der Waals surface area contributed by atoms with Crippen LogP contribution in [0.5, 0.6) is 0 Å². The number of fused-ring (bicyclic) bond motifs is 1. The van der Waals surface area contributed by atoms with Gasteiger partial charge in [-0.1, -0.05) is 12.5 Å². The number of benzene rings is 1. The molecule has 0 unspecified atom stereocenters. The summed E-state index contributed by atoms with van der Waals surface area (Å²) in [6.45, 7) is 0. The predicted molar refractivity (Wildman–Crippen MR) is 99.0 cm³/mol. The number of anilines is 1. The topological polar surface area (TPSA) is 135 Å². The number of hydrogen-bond acceptors (Lipinski definition) is 8. The van der Waals surface area contributed by atoms with Gasteiger partial charge in [-0.15, -0.1) is 0 Å². The molecule has 1 aromatic carbocycles. The van der Waals surface area contributed by atoms with E-state index in [9.17, 15) is 4.79 Å². The maximum atomic E-state index is 12.2. The number of aromatic nitrogens is 2. The number of aromatic amines is 1. The van der Waals surface area contributed by atoms with Crippen LogP contribution in [0.3, 0.4) is 0 Å². The van der Waals surface area contributed by atoms with Crippen molar-refractivity contribution in [3.05, 3.63) is 23.9 Å². The molecule has 9 heteroatoms. The third kappa shape index (κ3) is 2.39. The van der Waals surface area contributed by atoms with Gasteiger partial charge < -0.3 is 16.2 Å². The number of carbonyl (C=O) groups excluding carboxylic acids is 1. The van der Waals surface area contributed by atoms with Gasteiger partial charge in [0, 0.05) is 0 Å². The number of hydrogen-bond donors (Lipinski definition) is 3. The van der Waals surface area contributed by atoms with Crippen molar-refractivity contribution in [3.8, 4) is 0 Å². The summed E-state index contributed by atoms with van der Waals surface area (Å²) in [6.07, 6.45) is 4.81. The van der Waals surface area contributed by atoms with E-state index in [0.29, 0.717) is 10.9 Å². The van der Waals surface area contributed by atoms with Crippen LogP contribution < -0.4 is 16.4 Å². The quantitative estimate of drug-likeness (QED) is 0.698.